The number of rotatable bonds is 6. The van der Waals surface area contributed by atoms with E-state index in [-0.39, 0.29) is 6.03 Å². The van der Waals surface area contributed by atoms with Gasteiger partial charge in [0.2, 0.25) is 0 Å². The van der Waals surface area contributed by atoms with E-state index in [1.165, 1.54) is 5.56 Å². The summed E-state index contributed by atoms with van der Waals surface area (Å²) in [6, 6.07) is 8.56. The molecule has 3 atom stereocenters. The van der Waals surface area contributed by atoms with Crippen molar-refractivity contribution in [2.75, 3.05) is 11.9 Å². The standard InChI is InChI=1S/C16H25N3O/c1-4-8-17-12(3)13-6-5-7-14(10-13)18-16(20)19-15-9-11(15)2/h5-7,10-12,15,17H,4,8-9H2,1-3H3,(H2,18,19,20). The molecule has 1 aromatic carbocycles. The molecule has 2 rings (SSSR count). The van der Waals surface area contributed by atoms with Crippen LogP contribution in [0.2, 0.25) is 0 Å². The van der Waals surface area contributed by atoms with Gasteiger partial charge >= 0.3 is 6.03 Å². The van der Waals surface area contributed by atoms with Gasteiger partial charge in [0.25, 0.3) is 0 Å². The molecule has 0 heterocycles. The normalized spacial score (nSPS) is 22.1. The predicted molar refractivity (Wildman–Crippen MR) is 82.9 cm³/mol. The van der Waals surface area contributed by atoms with E-state index in [4.69, 9.17) is 0 Å². The summed E-state index contributed by atoms with van der Waals surface area (Å²) in [5.74, 6) is 0.616. The number of anilines is 1. The molecule has 2 amide bonds. The molecule has 0 bridgehead atoms. The monoisotopic (exact) mass is 275 g/mol. The van der Waals surface area contributed by atoms with Crippen LogP contribution >= 0.6 is 0 Å². The molecule has 110 valence electrons. The van der Waals surface area contributed by atoms with Crippen LogP contribution in [0.1, 0.15) is 45.2 Å². The Labute approximate surface area is 121 Å². The van der Waals surface area contributed by atoms with E-state index in [2.05, 4.69) is 42.8 Å². The molecule has 1 saturated carbocycles. The lowest BCUT2D eigenvalue weighted by Gasteiger charge is -2.15. The maximum absolute atomic E-state index is 11.8. The first-order valence-corrected chi connectivity index (χ1v) is 7.51. The van der Waals surface area contributed by atoms with Crippen LogP contribution in [0.3, 0.4) is 0 Å². The second kappa shape index (κ2) is 6.75. The van der Waals surface area contributed by atoms with E-state index >= 15 is 0 Å². The number of carbonyl (C=O) groups excluding carboxylic acids is 1. The maximum atomic E-state index is 11.8. The van der Waals surface area contributed by atoms with Gasteiger partial charge in [-0.05, 0) is 49.9 Å². The fourth-order valence-corrected chi connectivity index (χ4v) is 2.22. The number of hydrogen-bond donors (Lipinski definition) is 3. The fraction of sp³-hybridized carbons (Fsp3) is 0.562. The number of carbonyl (C=O) groups is 1. The summed E-state index contributed by atoms with van der Waals surface area (Å²) < 4.78 is 0. The molecule has 20 heavy (non-hydrogen) atoms. The fourth-order valence-electron chi connectivity index (χ4n) is 2.22. The second-order valence-electron chi connectivity index (χ2n) is 5.72. The van der Waals surface area contributed by atoms with E-state index in [9.17, 15) is 4.79 Å². The topological polar surface area (TPSA) is 53.2 Å². The SMILES string of the molecule is CCCNC(C)c1cccc(NC(=O)NC2CC2C)c1. The minimum atomic E-state index is -0.106. The number of urea groups is 1. The number of benzene rings is 1. The molecule has 0 aromatic heterocycles. The summed E-state index contributed by atoms with van der Waals surface area (Å²) >= 11 is 0. The smallest absolute Gasteiger partial charge is 0.319 e. The quantitative estimate of drug-likeness (QED) is 0.746. The van der Waals surface area contributed by atoms with Gasteiger partial charge in [0.1, 0.15) is 0 Å². The summed E-state index contributed by atoms with van der Waals surface area (Å²) in [7, 11) is 0. The first kappa shape index (κ1) is 14.9. The van der Waals surface area contributed by atoms with E-state index in [1.54, 1.807) is 0 Å². The van der Waals surface area contributed by atoms with Crippen LogP contribution in [0.15, 0.2) is 24.3 Å². The summed E-state index contributed by atoms with van der Waals surface area (Å²) in [5.41, 5.74) is 2.04. The van der Waals surface area contributed by atoms with Crippen LogP contribution in [-0.2, 0) is 0 Å². The van der Waals surface area contributed by atoms with Crippen LogP contribution < -0.4 is 16.0 Å². The second-order valence-corrected chi connectivity index (χ2v) is 5.72. The zero-order chi connectivity index (χ0) is 14.5. The molecule has 1 aromatic rings. The molecule has 0 radical (unpaired) electrons. The van der Waals surface area contributed by atoms with Gasteiger partial charge in [0.15, 0.2) is 0 Å². The highest BCUT2D eigenvalue weighted by Gasteiger charge is 2.33. The Bertz CT molecular complexity index is 461. The van der Waals surface area contributed by atoms with Crippen molar-refractivity contribution < 1.29 is 4.79 Å². The Kier molecular flexibility index (Phi) is 5.01. The van der Waals surface area contributed by atoms with Crippen molar-refractivity contribution in [3.05, 3.63) is 29.8 Å². The minimum Gasteiger partial charge on any atom is -0.335 e. The number of amides is 2. The van der Waals surface area contributed by atoms with Crippen LogP contribution in [0.25, 0.3) is 0 Å². The van der Waals surface area contributed by atoms with Gasteiger partial charge in [-0.2, -0.15) is 0 Å². The van der Waals surface area contributed by atoms with Gasteiger partial charge in [-0.25, -0.2) is 4.79 Å². The third kappa shape index (κ3) is 4.23. The maximum Gasteiger partial charge on any atom is 0.319 e. The van der Waals surface area contributed by atoms with Crippen LogP contribution in [0, 0.1) is 5.92 Å². The third-order valence-electron chi connectivity index (χ3n) is 3.77. The summed E-state index contributed by atoms with van der Waals surface area (Å²) in [4.78, 5) is 11.8. The summed E-state index contributed by atoms with van der Waals surface area (Å²) in [6.07, 6.45) is 2.20. The first-order valence-electron chi connectivity index (χ1n) is 7.51. The molecule has 0 aliphatic heterocycles. The Hall–Kier alpha value is -1.55. The van der Waals surface area contributed by atoms with E-state index < -0.39 is 0 Å². The Balaban J connectivity index is 1.89. The van der Waals surface area contributed by atoms with E-state index in [0.29, 0.717) is 18.0 Å². The van der Waals surface area contributed by atoms with Crippen LogP contribution in [0.4, 0.5) is 10.5 Å². The molecular formula is C16H25N3O. The van der Waals surface area contributed by atoms with Gasteiger partial charge in [-0.15, -0.1) is 0 Å². The van der Waals surface area contributed by atoms with Crippen molar-refractivity contribution in [1.82, 2.24) is 10.6 Å². The van der Waals surface area contributed by atoms with Crippen LogP contribution in [0.5, 0.6) is 0 Å². The van der Waals surface area contributed by atoms with Gasteiger partial charge < -0.3 is 16.0 Å². The van der Waals surface area contributed by atoms with E-state index in [1.807, 2.05) is 18.2 Å². The minimum absolute atomic E-state index is 0.106. The van der Waals surface area contributed by atoms with Gasteiger partial charge in [-0.1, -0.05) is 26.0 Å². The van der Waals surface area contributed by atoms with Crippen LogP contribution in [-0.4, -0.2) is 18.6 Å². The Morgan fingerprint density at radius 1 is 1.45 bits per heavy atom. The zero-order valence-corrected chi connectivity index (χ0v) is 12.6. The molecule has 4 nitrogen and oxygen atoms in total. The molecule has 1 aliphatic carbocycles. The molecule has 1 fully saturated rings. The van der Waals surface area contributed by atoms with Gasteiger partial charge in [0, 0.05) is 17.8 Å². The molecule has 4 heteroatoms. The zero-order valence-electron chi connectivity index (χ0n) is 12.6. The molecule has 0 saturated heterocycles. The molecule has 3 unspecified atom stereocenters. The summed E-state index contributed by atoms with van der Waals surface area (Å²) in [5, 5.41) is 9.33. The number of nitrogens with one attached hydrogen (secondary N) is 3. The van der Waals surface area contributed by atoms with Crippen molar-refractivity contribution in [3.8, 4) is 0 Å². The predicted octanol–water partition coefficient (Wildman–Crippen LogP) is 3.28. The van der Waals surface area contributed by atoms with E-state index in [0.717, 1.165) is 25.1 Å². The molecule has 0 spiro atoms. The van der Waals surface area contributed by atoms with Crippen molar-refractivity contribution in [2.24, 2.45) is 5.92 Å². The Morgan fingerprint density at radius 3 is 2.85 bits per heavy atom. The lowest BCUT2D eigenvalue weighted by Crippen LogP contribution is -2.31. The average molecular weight is 275 g/mol. The average Bonchev–Trinajstić information content (AvgIpc) is 3.11. The van der Waals surface area contributed by atoms with Crippen molar-refractivity contribution >= 4 is 11.7 Å². The molecule has 3 N–H and O–H groups in total. The summed E-state index contributed by atoms with van der Waals surface area (Å²) in [6.45, 7) is 7.44. The number of hydrogen-bond acceptors (Lipinski definition) is 2. The lowest BCUT2D eigenvalue weighted by atomic mass is 10.1. The highest BCUT2D eigenvalue weighted by molar-refractivity contribution is 5.89. The molecular weight excluding hydrogens is 250 g/mol. The highest BCUT2D eigenvalue weighted by atomic mass is 16.2. The highest BCUT2D eigenvalue weighted by Crippen LogP contribution is 2.29. The van der Waals surface area contributed by atoms with Gasteiger partial charge in [0.05, 0.1) is 0 Å². The van der Waals surface area contributed by atoms with Crippen molar-refractivity contribution in [3.63, 3.8) is 0 Å². The molecule has 1 aliphatic rings. The largest absolute Gasteiger partial charge is 0.335 e. The third-order valence-corrected chi connectivity index (χ3v) is 3.77. The van der Waals surface area contributed by atoms with Crippen molar-refractivity contribution in [1.29, 1.82) is 0 Å². The first-order chi connectivity index (χ1) is 9.60. The lowest BCUT2D eigenvalue weighted by molar-refractivity contribution is 0.251. The van der Waals surface area contributed by atoms with Gasteiger partial charge in [-0.3, -0.25) is 0 Å². The Morgan fingerprint density at radius 2 is 2.20 bits per heavy atom. The van der Waals surface area contributed by atoms with Crippen molar-refractivity contribution in [2.45, 2.75) is 45.7 Å².